The van der Waals surface area contributed by atoms with Crippen molar-refractivity contribution in [3.63, 3.8) is 0 Å². The fourth-order valence-corrected chi connectivity index (χ4v) is 2.11. The molecule has 17 heavy (non-hydrogen) atoms. The summed E-state index contributed by atoms with van der Waals surface area (Å²) in [5.41, 5.74) is 6.79. The summed E-state index contributed by atoms with van der Waals surface area (Å²) in [7, 11) is 1.67. The molecule has 4 nitrogen and oxygen atoms in total. The van der Waals surface area contributed by atoms with Crippen molar-refractivity contribution in [3.05, 3.63) is 16.1 Å². The van der Waals surface area contributed by atoms with Gasteiger partial charge in [0, 0.05) is 30.8 Å². The molecular formula is C11H21IN4S. The van der Waals surface area contributed by atoms with Crippen LogP contribution >= 0.6 is 35.3 Å². The zero-order valence-corrected chi connectivity index (χ0v) is 13.9. The molecule has 0 saturated carbocycles. The highest BCUT2D eigenvalue weighted by Crippen LogP contribution is 2.25. The van der Waals surface area contributed by atoms with Crippen LogP contribution < -0.4 is 11.1 Å². The smallest absolute Gasteiger partial charge is 0.188 e. The molecule has 0 spiro atoms. The Balaban J connectivity index is 0.00000256. The van der Waals surface area contributed by atoms with Gasteiger partial charge in [-0.1, -0.05) is 20.8 Å². The number of guanidine groups is 1. The van der Waals surface area contributed by atoms with Crippen LogP contribution in [0, 0.1) is 0 Å². The van der Waals surface area contributed by atoms with E-state index in [2.05, 4.69) is 41.4 Å². The summed E-state index contributed by atoms with van der Waals surface area (Å²) >= 11 is 1.72. The van der Waals surface area contributed by atoms with Crippen LogP contribution in [0.2, 0.25) is 0 Å². The van der Waals surface area contributed by atoms with Gasteiger partial charge in [0.25, 0.3) is 0 Å². The summed E-state index contributed by atoms with van der Waals surface area (Å²) in [5, 5.41) is 6.31. The minimum Gasteiger partial charge on any atom is -0.370 e. The van der Waals surface area contributed by atoms with Gasteiger partial charge >= 0.3 is 0 Å². The molecule has 0 saturated heterocycles. The number of halogens is 1. The van der Waals surface area contributed by atoms with E-state index in [1.165, 1.54) is 5.01 Å². The molecule has 0 amide bonds. The lowest BCUT2D eigenvalue weighted by molar-refractivity contribution is 0.582. The molecule has 0 aliphatic heterocycles. The third-order valence-corrected chi connectivity index (χ3v) is 3.44. The first-order valence-corrected chi connectivity index (χ1v) is 6.22. The Morgan fingerprint density at radius 1 is 1.53 bits per heavy atom. The third kappa shape index (κ3) is 5.67. The predicted molar refractivity (Wildman–Crippen MR) is 85.5 cm³/mol. The van der Waals surface area contributed by atoms with E-state index in [0.717, 1.165) is 18.7 Å². The van der Waals surface area contributed by atoms with E-state index in [-0.39, 0.29) is 29.4 Å². The number of nitrogens with one attached hydrogen (secondary N) is 1. The molecule has 0 radical (unpaired) electrons. The van der Waals surface area contributed by atoms with Crippen LogP contribution in [0.4, 0.5) is 0 Å². The molecule has 1 aromatic heterocycles. The number of thiazole rings is 1. The van der Waals surface area contributed by atoms with E-state index in [4.69, 9.17) is 5.73 Å². The number of hydrogen-bond acceptors (Lipinski definition) is 3. The molecule has 1 aromatic rings. The average molecular weight is 368 g/mol. The van der Waals surface area contributed by atoms with Gasteiger partial charge in [0.15, 0.2) is 5.96 Å². The van der Waals surface area contributed by atoms with Gasteiger partial charge in [-0.2, -0.15) is 0 Å². The Morgan fingerprint density at radius 2 is 2.18 bits per heavy atom. The van der Waals surface area contributed by atoms with E-state index in [9.17, 15) is 0 Å². The molecule has 0 atom stereocenters. The first-order valence-electron chi connectivity index (χ1n) is 5.34. The molecule has 0 aliphatic rings. The molecule has 1 rings (SSSR count). The number of hydrogen-bond donors (Lipinski definition) is 2. The highest BCUT2D eigenvalue weighted by molar-refractivity contribution is 14.0. The van der Waals surface area contributed by atoms with Gasteiger partial charge in [-0.05, 0) is 0 Å². The summed E-state index contributed by atoms with van der Waals surface area (Å²) in [6.45, 7) is 7.30. The van der Waals surface area contributed by atoms with Crippen molar-refractivity contribution < 1.29 is 0 Å². The first kappa shape index (κ1) is 16.6. The number of nitrogens with two attached hydrogens (primary N) is 1. The highest BCUT2D eigenvalue weighted by Gasteiger charge is 2.17. The molecule has 0 unspecified atom stereocenters. The van der Waals surface area contributed by atoms with Crippen molar-refractivity contribution >= 4 is 41.3 Å². The Bertz CT molecular complexity index is 368. The normalized spacial score (nSPS) is 12.1. The van der Waals surface area contributed by atoms with Crippen LogP contribution in [0.3, 0.4) is 0 Å². The second kappa shape index (κ2) is 7.15. The van der Waals surface area contributed by atoms with Gasteiger partial charge in [0.05, 0.1) is 10.7 Å². The van der Waals surface area contributed by atoms with Gasteiger partial charge < -0.3 is 11.1 Å². The van der Waals surface area contributed by atoms with Crippen molar-refractivity contribution in [1.82, 2.24) is 10.3 Å². The van der Waals surface area contributed by atoms with Gasteiger partial charge in [0.1, 0.15) is 0 Å². The maximum Gasteiger partial charge on any atom is 0.188 e. The summed E-state index contributed by atoms with van der Waals surface area (Å²) in [6, 6.07) is 0. The minimum absolute atomic E-state index is 0. The standard InChI is InChI=1S/C11H20N4S.HI/c1-11(2,3)9-15-8(7-16-9)5-6-14-10(12)13-4;/h7H,5-6H2,1-4H3,(H3,12,13,14);1H. The Labute approximate surface area is 124 Å². The molecule has 6 heteroatoms. The summed E-state index contributed by atoms with van der Waals surface area (Å²) in [5.74, 6) is 0.478. The quantitative estimate of drug-likeness (QED) is 0.488. The molecule has 0 bridgehead atoms. The van der Waals surface area contributed by atoms with Gasteiger partial charge in [-0.25, -0.2) is 4.98 Å². The fraction of sp³-hybridized carbons (Fsp3) is 0.636. The Hall–Kier alpha value is -0.370. The largest absolute Gasteiger partial charge is 0.370 e. The zero-order chi connectivity index (χ0) is 12.2. The van der Waals surface area contributed by atoms with Gasteiger partial charge in [-0.15, -0.1) is 35.3 Å². The second-order valence-electron chi connectivity index (χ2n) is 4.68. The third-order valence-electron chi connectivity index (χ3n) is 2.12. The molecule has 0 aliphatic carbocycles. The van der Waals surface area contributed by atoms with Crippen molar-refractivity contribution in [2.75, 3.05) is 13.6 Å². The van der Waals surface area contributed by atoms with Crippen LogP contribution in [0.25, 0.3) is 0 Å². The van der Waals surface area contributed by atoms with E-state index in [1.54, 1.807) is 18.4 Å². The van der Waals surface area contributed by atoms with E-state index >= 15 is 0 Å². The fourth-order valence-electron chi connectivity index (χ4n) is 1.16. The molecule has 3 N–H and O–H groups in total. The Kier molecular flexibility index (Phi) is 6.99. The van der Waals surface area contributed by atoms with Crippen molar-refractivity contribution in [3.8, 4) is 0 Å². The van der Waals surface area contributed by atoms with Crippen LogP contribution in [0.5, 0.6) is 0 Å². The van der Waals surface area contributed by atoms with Crippen LogP contribution in [0.1, 0.15) is 31.5 Å². The predicted octanol–water partition coefficient (Wildman–Crippen LogP) is 2.14. The lowest BCUT2D eigenvalue weighted by atomic mass is 9.98. The first-order chi connectivity index (χ1) is 7.43. The molecule has 0 aromatic carbocycles. The second-order valence-corrected chi connectivity index (χ2v) is 5.54. The van der Waals surface area contributed by atoms with Gasteiger partial charge in [0.2, 0.25) is 0 Å². The van der Waals surface area contributed by atoms with Crippen molar-refractivity contribution in [2.45, 2.75) is 32.6 Å². The van der Waals surface area contributed by atoms with Gasteiger partial charge in [-0.3, -0.25) is 4.99 Å². The summed E-state index contributed by atoms with van der Waals surface area (Å²) < 4.78 is 0. The maximum atomic E-state index is 5.53. The molecule has 0 fully saturated rings. The Morgan fingerprint density at radius 3 is 2.65 bits per heavy atom. The molecule has 1 heterocycles. The monoisotopic (exact) mass is 368 g/mol. The summed E-state index contributed by atoms with van der Waals surface area (Å²) in [6.07, 6.45) is 0.878. The highest BCUT2D eigenvalue weighted by atomic mass is 127. The van der Waals surface area contributed by atoms with E-state index in [0.29, 0.717) is 5.96 Å². The number of rotatable bonds is 3. The van der Waals surface area contributed by atoms with Crippen LogP contribution in [-0.4, -0.2) is 24.5 Å². The van der Waals surface area contributed by atoms with Crippen LogP contribution in [0.15, 0.2) is 10.4 Å². The van der Waals surface area contributed by atoms with E-state index in [1.807, 2.05) is 0 Å². The number of nitrogens with zero attached hydrogens (tertiary/aromatic N) is 2. The topological polar surface area (TPSA) is 63.3 Å². The average Bonchev–Trinajstić information content (AvgIpc) is 2.65. The molecule has 98 valence electrons. The lowest BCUT2D eigenvalue weighted by Crippen LogP contribution is -2.32. The summed E-state index contributed by atoms with van der Waals surface area (Å²) in [4.78, 5) is 8.43. The molecular weight excluding hydrogens is 347 g/mol. The van der Waals surface area contributed by atoms with Crippen molar-refractivity contribution in [1.29, 1.82) is 0 Å². The van der Waals surface area contributed by atoms with E-state index < -0.39 is 0 Å². The van der Waals surface area contributed by atoms with Crippen LogP contribution in [-0.2, 0) is 11.8 Å². The SMILES string of the molecule is CN=C(N)NCCc1csc(C(C)(C)C)n1.I. The number of aliphatic imine (C=N–C) groups is 1. The number of aromatic nitrogens is 1. The maximum absolute atomic E-state index is 5.53. The van der Waals surface area contributed by atoms with Crippen molar-refractivity contribution in [2.24, 2.45) is 10.7 Å². The zero-order valence-electron chi connectivity index (χ0n) is 10.8. The lowest BCUT2D eigenvalue weighted by Gasteiger charge is -2.13. The minimum atomic E-state index is 0.